The zero-order valence-corrected chi connectivity index (χ0v) is 47.7. The molecule has 0 saturated heterocycles. The van der Waals surface area contributed by atoms with Crippen LogP contribution in [0.1, 0.15) is 0 Å². The number of aromatic nitrogens is 6. The summed E-state index contributed by atoms with van der Waals surface area (Å²) >= 11 is 0. The zero-order valence-electron chi connectivity index (χ0n) is 47.7. The van der Waals surface area contributed by atoms with Gasteiger partial charge in [-0.1, -0.05) is 224 Å². The van der Waals surface area contributed by atoms with Crippen molar-refractivity contribution in [3.63, 3.8) is 0 Å². The van der Waals surface area contributed by atoms with Gasteiger partial charge in [-0.2, -0.15) is 0 Å². The molecule has 0 fully saturated rings. The van der Waals surface area contributed by atoms with E-state index in [0.29, 0.717) is 5.82 Å². The zero-order chi connectivity index (χ0) is 57.8. The van der Waals surface area contributed by atoms with Gasteiger partial charge in [0.1, 0.15) is 0 Å². The Morgan fingerprint density at radius 2 is 0.534 bits per heavy atom. The molecular formula is C82H52N6. The van der Waals surface area contributed by atoms with E-state index >= 15 is 0 Å². The van der Waals surface area contributed by atoms with Crippen LogP contribution in [0.4, 0.5) is 0 Å². The van der Waals surface area contributed by atoms with Crippen LogP contribution in [-0.2, 0) is 0 Å². The molecular weight excluding hydrogens is 1070 g/mol. The summed E-state index contributed by atoms with van der Waals surface area (Å²) in [5.74, 6) is 0.620. The molecule has 6 nitrogen and oxygen atoms in total. The highest BCUT2D eigenvalue weighted by Gasteiger charge is 2.28. The number of fused-ring (bicyclic) bond motifs is 12. The standard InChI is InChI=1S/C82H52N6/c1-4-26-53(27-5-1)69-51-70(54-28-6-2-7-29-54)84-82(83-69)55-48-67(63-38-16-23-45-76(63)86-72-41-19-10-32-57(72)58-33-11-20-42-73(58)86)81(68(49-55)64-39-17-24-46-77(64)87-74-43-21-12-34-59(74)60-35-13-22-44-75(60)87)88-78-47-25-15-37-62(78)66-50-65-61-36-14-18-40-71(61)85(79(65)52-80(66)88)56-30-8-3-9-31-56/h1-52H. The fourth-order valence-corrected chi connectivity index (χ4v) is 14.2. The second kappa shape index (κ2) is 19.9. The lowest BCUT2D eigenvalue weighted by molar-refractivity contribution is 1.14. The minimum atomic E-state index is 0.620. The molecule has 0 bridgehead atoms. The second-order valence-electron chi connectivity index (χ2n) is 22.8. The predicted molar refractivity (Wildman–Crippen MR) is 367 cm³/mol. The predicted octanol–water partition coefficient (Wildman–Crippen LogP) is 21.2. The molecule has 0 saturated carbocycles. The Labute approximate surface area is 507 Å². The molecule has 0 amide bonds. The summed E-state index contributed by atoms with van der Waals surface area (Å²) in [7, 11) is 0. The van der Waals surface area contributed by atoms with Crippen LogP contribution >= 0.6 is 0 Å². The summed E-state index contributed by atoms with van der Waals surface area (Å²) in [6.07, 6.45) is 0. The molecule has 0 atom stereocenters. The van der Waals surface area contributed by atoms with Crippen LogP contribution in [-0.4, -0.2) is 28.2 Å². The van der Waals surface area contributed by atoms with Crippen molar-refractivity contribution >= 4 is 87.2 Å². The van der Waals surface area contributed by atoms with Crippen molar-refractivity contribution in [3.8, 4) is 78.9 Å². The van der Waals surface area contributed by atoms with Gasteiger partial charge in [0.25, 0.3) is 0 Å². The number of hydrogen-bond acceptors (Lipinski definition) is 2. The maximum Gasteiger partial charge on any atom is 0.160 e. The van der Waals surface area contributed by atoms with Gasteiger partial charge in [-0.25, -0.2) is 9.97 Å². The number of para-hydroxylation sites is 9. The molecule has 410 valence electrons. The highest BCUT2D eigenvalue weighted by Crippen LogP contribution is 2.49. The van der Waals surface area contributed by atoms with Crippen LogP contribution in [0.5, 0.6) is 0 Å². The quantitative estimate of drug-likeness (QED) is 0.145. The Hall–Kier alpha value is -11.9. The van der Waals surface area contributed by atoms with Gasteiger partial charge in [-0.15, -0.1) is 0 Å². The molecule has 0 aliphatic rings. The highest BCUT2D eigenvalue weighted by molar-refractivity contribution is 6.20. The van der Waals surface area contributed by atoms with E-state index in [1.807, 2.05) is 0 Å². The Bertz CT molecular complexity index is 5460. The summed E-state index contributed by atoms with van der Waals surface area (Å²) in [4.78, 5) is 11.3. The highest BCUT2D eigenvalue weighted by atomic mass is 15.0. The number of benzene rings is 13. The molecule has 88 heavy (non-hydrogen) atoms. The fraction of sp³-hybridized carbons (Fsp3) is 0. The van der Waals surface area contributed by atoms with Crippen molar-refractivity contribution in [2.75, 3.05) is 0 Å². The molecule has 13 aromatic carbocycles. The van der Waals surface area contributed by atoms with Crippen molar-refractivity contribution < 1.29 is 0 Å². The number of rotatable bonds is 9. The molecule has 6 heteroatoms. The second-order valence-corrected chi connectivity index (χ2v) is 22.8. The minimum absolute atomic E-state index is 0.620. The third kappa shape index (κ3) is 7.62. The Balaban J connectivity index is 1.05. The first-order chi connectivity index (χ1) is 43.7. The minimum Gasteiger partial charge on any atom is -0.309 e. The Morgan fingerprint density at radius 3 is 0.966 bits per heavy atom. The lowest BCUT2D eigenvalue weighted by atomic mass is 9.90. The lowest BCUT2D eigenvalue weighted by Crippen LogP contribution is -2.06. The average Bonchev–Trinajstić information content (AvgIpc) is 1.56. The fourth-order valence-electron chi connectivity index (χ4n) is 14.2. The molecule has 18 rings (SSSR count). The summed E-state index contributed by atoms with van der Waals surface area (Å²) in [5.41, 5.74) is 21.9. The number of hydrogen-bond donors (Lipinski definition) is 0. The molecule has 0 aliphatic heterocycles. The molecule has 0 aliphatic carbocycles. The van der Waals surface area contributed by atoms with E-state index in [1.165, 1.54) is 32.3 Å². The normalized spacial score (nSPS) is 11.9. The van der Waals surface area contributed by atoms with Crippen LogP contribution in [0.25, 0.3) is 166 Å². The van der Waals surface area contributed by atoms with E-state index in [0.717, 1.165) is 128 Å². The van der Waals surface area contributed by atoms with Crippen LogP contribution in [0.3, 0.4) is 0 Å². The average molecular weight is 1120 g/mol. The smallest absolute Gasteiger partial charge is 0.160 e. The van der Waals surface area contributed by atoms with Crippen molar-refractivity contribution in [2.45, 2.75) is 0 Å². The Morgan fingerprint density at radius 1 is 0.205 bits per heavy atom. The first-order valence-corrected chi connectivity index (χ1v) is 30.1. The molecule has 0 N–H and O–H groups in total. The summed E-state index contributed by atoms with van der Waals surface area (Å²) in [6.45, 7) is 0. The maximum absolute atomic E-state index is 5.63. The maximum atomic E-state index is 5.63. The first-order valence-electron chi connectivity index (χ1n) is 30.1. The largest absolute Gasteiger partial charge is 0.309 e. The van der Waals surface area contributed by atoms with Crippen molar-refractivity contribution in [1.29, 1.82) is 0 Å². The van der Waals surface area contributed by atoms with Gasteiger partial charge in [0.05, 0.1) is 72.6 Å². The monoisotopic (exact) mass is 1120 g/mol. The SMILES string of the molecule is c1ccc(-c2cc(-c3ccccc3)nc(-c3cc(-c4ccccc4-n4c5ccccc5c5ccccc54)c(-n4c5ccccc5c5cc6c7ccccc7n(-c7ccccc7)c6cc54)c(-c4ccccc4-n4c5ccccc5c5ccccc54)c3)n2)cc1. The van der Waals surface area contributed by atoms with E-state index in [-0.39, 0.29) is 0 Å². The topological polar surface area (TPSA) is 45.5 Å². The van der Waals surface area contributed by atoms with E-state index < -0.39 is 0 Å². The summed E-state index contributed by atoms with van der Waals surface area (Å²) in [5, 5.41) is 9.52. The van der Waals surface area contributed by atoms with Crippen molar-refractivity contribution in [3.05, 3.63) is 315 Å². The third-order valence-electron chi connectivity index (χ3n) is 18.0. The van der Waals surface area contributed by atoms with Gasteiger partial charge in [0, 0.05) is 87.7 Å². The van der Waals surface area contributed by atoms with Crippen molar-refractivity contribution in [1.82, 2.24) is 28.2 Å². The Kier molecular flexibility index (Phi) is 11.2. The third-order valence-corrected chi connectivity index (χ3v) is 18.0. The summed E-state index contributed by atoms with van der Waals surface area (Å²) in [6, 6.07) is 115. The van der Waals surface area contributed by atoms with E-state index in [1.54, 1.807) is 0 Å². The molecule has 0 spiro atoms. The molecule has 0 radical (unpaired) electrons. The van der Waals surface area contributed by atoms with Crippen LogP contribution < -0.4 is 0 Å². The number of nitrogens with zero attached hydrogens (tertiary/aromatic N) is 6. The van der Waals surface area contributed by atoms with Gasteiger partial charge in [0.2, 0.25) is 0 Å². The van der Waals surface area contributed by atoms with Gasteiger partial charge >= 0.3 is 0 Å². The van der Waals surface area contributed by atoms with Gasteiger partial charge in [0.15, 0.2) is 5.82 Å². The van der Waals surface area contributed by atoms with E-state index in [9.17, 15) is 0 Å². The van der Waals surface area contributed by atoms with Crippen LogP contribution in [0.2, 0.25) is 0 Å². The van der Waals surface area contributed by atoms with Gasteiger partial charge < -0.3 is 18.3 Å². The van der Waals surface area contributed by atoms with Crippen LogP contribution in [0.15, 0.2) is 315 Å². The van der Waals surface area contributed by atoms with E-state index in [4.69, 9.17) is 9.97 Å². The van der Waals surface area contributed by atoms with Crippen LogP contribution in [0, 0.1) is 0 Å². The molecule has 5 aromatic heterocycles. The van der Waals surface area contributed by atoms with Gasteiger partial charge in [-0.05, 0) is 91.0 Å². The molecule has 5 heterocycles. The summed E-state index contributed by atoms with van der Waals surface area (Å²) < 4.78 is 9.95. The van der Waals surface area contributed by atoms with Crippen molar-refractivity contribution in [2.24, 2.45) is 0 Å². The van der Waals surface area contributed by atoms with Gasteiger partial charge in [-0.3, -0.25) is 0 Å². The molecule has 0 unspecified atom stereocenters. The lowest BCUT2D eigenvalue weighted by Gasteiger charge is -2.24. The van der Waals surface area contributed by atoms with E-state index in [2.05, 4.69) is 334 Å². The first kappa shape index (κ1) is 49.6. The molecule has 18 aromatic rings.